The third kappa shape index (κ3) is 5.01. The van der Waals surface area contributed by atoms with Gasteiger partial charge in [-0.05, 0) is 42.1 Å². The number of para-hydroxylation sites is 1. The maximum Gasteiger partial charge on any atom is 0.266 e. The highest BCUT2D eigenvalue weighted by atomic mass is 79.9. The summed E-state index contributed by atoms with van der Waals surface area (Å²) in [5, 5.41) is 0.616. The molecule has 6 nitrogen and oxygen atoms in total. The van der Waals surface area contributed by atoms with Crippen molar-refractivity contribution < 1.29 is 19.0 Å². The molecule has 1 aliphatic rings. The lowest BCUT2D eigenvalue weighted by Gasteiger charge is -2.14. The van der Waals surface area contributed by atoms with E-state index in [-0.39, 0.29) is 5.91 Å². The fourth-order valence-electron chi connectivity index (χ4n) is 2.79. The van der Waals surface area contributed by atoms with Crippen molar-refractivity contribution in [2.24, 2.45) is 4.99 Å². The van der Waals surface area contributed by atoms with Gasteiger partial charge in [-0.3, -0.25) is 9.69 Å². The summed E-state index contributed by atoms with van der Waals surface area (Å²) in [5.74, 6) is 1.02. The summed E-state index contributed by atoms with van der Waals surface area (Å²) in [6, 6.07) is 13.3. The summed E-state index contributed by atoms with van der Waals surface area (Å²) in [4.78, 5) is 19.9. The Kier molecular flexibility index (Phi) is 7.35. The first-order chi connectivity index (χ1) is 14.1. The second-order valence-corrected chi connectivity index (χ2v) is 7.95. The standard InChI is InChI=1S/C21H21BrN2O4S/c1-26-10-9-24-20(25)18(29-21(24)23-16-7-5-4-6-8-16)12-14-11-15(22)13-17(27-2)19(14)28-3/h4-8,11-13H,9-10H2,1-3H3/b18-12+,23-21?. The minimum absolute atomic E-state index is 0.122. The normalized spacial score (nSPS) is 16.7. The molecule has 2 aromatic rings. The van der Waals surface area contributed by atoms with E-state index in [1.54, 1.807) is 32.3 Å². The summed E-state index contributed by atoms with van der Waals surface area (Å²) in [5.41, 5.74) is 1.52. The summed E-state index contributed by atoms with van der Waals surface area (Å²) < 4.78 is 16.9. The van der Waals surface area contributed by atoms with Crippen LogP contribution in [0, 0.1) is 0 Å². The largest absolute Gasteiger partial charge is 0.493 e. The van der Waals surface area contributed by atoms with Crippen molar-refractivity contribution in [3.05, 3.63) is 57.4 Å². The van der Waals surface area contributed by atoms with E-state index >= 15 is 0 Å². The van der Waals surface area contributed by atoms with E-state index in [9.17, 15) is 4.79 Å². The lowest BCUT2D eigenvalue weighted by Crippen LogP contribution is -2.32. The van der Waals surface area contributed by atoms with Gasteiger partial charge in [0.15, 0.2) is 16.7 Å². The highest BCUT2D eigenvalue weighted by Gasteiger charge is 2.33. The Labute approximate surface area is 182 Å². The molecule has 0 aliphatic carbocycles. The molecular formula is C21H21BrN2O4S. The molecule has 0 radical (unpaired) electrons. The van der Waals surface area contributed by atoms with Gasteiger partial charge in [0, 0.05) is 17.1 Å². The molecule has 0 aromatic heterocycles. The molecule has 0 bridgehead atoms. The summed E-state index contributed by atoms with van der Waals surface area (Å²) in [6.45, 7) is 0.839. The molecule has 8 heteroatoms. The van der Waals surface area contributed by atoms with Gasteiger partial charge in [0.1, 0.15) is 0 Å². The lowest BCUT2D eigenvalue weighted by atomic mass is 10.1. The Hall–Kier alpha value is -2.29. The number of halogens is 1. The van der Waals surface area contributed by atoms with Crippen LogP contribution in [-0.4, -0.2) is 50.5 Å². The zero-order valence-electron chi connectivity index (χ0n) is 16.3. The van der Waals surface area contributed by atoms with Crippen molar-refractivity contribution in [2.45, 2.75) is 0 Å². The van der Waals surface area contributed by atoms with E-state index in [1.807, 2.05) is 42.5 Å². The van der Waals surface area contributed by atoms with Crippen molar-refractivity contribution in [1.29, 1.82) is 0 Å². The molecule has 1 heterocycles. The molecule has 29 heavy (non-hydrogen) atoms. The molecule has 152 valence electrons. The van der Waals surface area contributed by atoms with Crippen molar-refractivity contribution in [3.8, 4) is 11.5 Å². The number of hydrogen-bond acceptors (Lipinski definition) is 6. The van der Waals surface area contributed by atoms with Crippen LogP contribution in [0.25, 0.3) is 6.08 Å². The van der Waals surface area contributed by atoms with Gasteiger partial charge >= 0.3 is 0 Å². The maximum absolute atomic E-state index is 13.1. The Morgan fingerprint density at radius 2 is 1.90 bits per heavy atom. The summed E-state index contributed by atoms with van der Waals surface area (Å²) in [6.07, 6.45) is 1.80. The van der Waals surface area contributed by atoms with Crippen LogP contribution < -0.4 is 9.47 Å². The quantitative estimate of drug-likeness (QED) is 0.541. The molecule has 1 amide bonds. The number of amides is 1. The van der Waals surface area contributed by atoms with Gasteiger partial charge in [-0.1, -0.05) is 34.1 Å². The molecule has 0 N–H and O–H groups in total. The number of carbonyl (C=O) groups excluding carboxylic acids is 1. The van der Waals surface area contributed by atoms with E-state index in [1.165, 1.54) is 11.8 Å². The number of carbonyl (C=O) groups is 1. The minimum Gasteiger partial charge on any atom is -0.493 e. The molecule has 0 spiro atoms. The van der Waals surface area contributed by atoms with Crippen LogP contribution in [0.4, 0.5) is 5.69 Å². The molecule has 3 rings (SSSR count). The smallest absolute Gasteiger partial charge is 0.266 e. The lowest BCUT2D eigenvalue weighted by molar-refractivity contribution is -0.122. The SMILES string of the molecule is COCCN1C(=O)/C(=C\c2cc(Br)cc(OC)c2OC)SC1=Nc1ccccc1. The molecule has 0 atom stereocenters. The number of nitrogens with zero attached hydrogens (tertiary/aromatic N) is 2. The number of thioether (sulfide) groups is 1. The first-order valence-corrected chi connectivity index (χ1v) is 10.4. The Balaban J connectivity index is 2.01. The number of rotatable bonds is 7. The fraction of sp³-hybridized carbons (Fsp3) is 0.238. The van der Waals surface area contributed by atoms with E-state index in [2.05, 4.69) is 20.9 Å². The van der Waals surface area contributed by atoms with Crippen LogP contribution in [0.15, 0.2) is 56.8 Å². The predicted molar refractivity (Wildman–Crippen MR) is 120 cm³/mol. The van der Waals surface area contributed by atoms with Crippen molar-refractivity contribution in [2.75, 3.05) is 34.5 Å². The number of amidine groups is 1. The average molecular weight is 477 g/mol. The number of ether oxygens (including phenoxy) is 3. The average Bonchev–Trinajstić information content (AvgIpc) is 3.00. The van der Waals surface area contributed by atoms with E-state index in [4.69, 9.17) is 14.2 Å². The van der Waals surface area contributed by atoms with Gasteiger partial charge in [0.25, 0.3) is 5.91 Å². The maximum atomic E-state index is 13.1. The van der Waals surface area contributed by atoms with Crippen LogP contribution in [0.1, 0.15) is 5.56 Å². The second kappa shape index (κ2) is 9.96. The topological polar surface area (TPSA) is 60.4 Å². The highest BCUT2D eigenvalue weighted by Crippen LogP contribution is 2.39. The van der Waals surface area contributed by atoms with E-state index in [0.717, 1.165) is 15.7 Å². The fourth-order valence-corrected chi connectivity index (χ4v) is 4.26. The minimum atomic E-state index is -0.122. The van der Waals surface area contributed by atoms with Gasteiger partial charge < -0.3 is 14.2 Å². The number of benzene rings is 2. The zero-order chi connectivity index (χ0) is 20.8. The van der Waals surface area contributed by atoms with E-state index < -0.39 is 0 Å². The highest BCUT2D eigenvalue weighted by molar-refractivity contribution is 9.10. The molecule has 2 aromatic carbocycles. The first kappa shape index (κ1) is 21.4. The van der Waals surface area contributed by atoms with Gasteiger partial charge in [0.05, 0.1) is 38.0 Å². The summed E-state index contributed by atoms with van der Waals surface area (Å²) >= 11 is 4.80. The molecule has 1 aliphatic heterocycles. The van der Waals surface area contributed by atoms with Crippen LogP contribution in [0.3, 0.4) is 0 Å². The van der Waals surface area contributed by atoms with Crippen molar-refractivity contribution >= 4 is 50.5 Å². The second-order valence-electron chi connectivity index (χ2n) is 6.02. The molecule has 1 saturated heterocycles. The third-order valence-corrected chi connectivity index (χ3v) is 5.61. The van der Waals surface area contributed by atoms with Gasteiger partial charge in [-0.25, -0.2) is 4.99 Å². The van der Waals surface area contributed by atoms with Gasteiger partial charge in [-0.15, -0.1) is 0 Å². The van der Waals surface area contributed by atoms with Crippen LogP contribution in [0.5, 0.6) is 11.5 Å². The Bertz CT molecular complexity index is 947. The summed E-state index contributed by atoms with van der Waals surface area (Å²) in [7, 11) is 4.76. The van der Waals surface area contributed by atoms with Crippen molar-refractivity contribution in [3.63, 3.8) is 0 Å². The molecule has 1 fully saturated rings. The predicted octanol–water partition coefficient (Wildman–Crippen LogP) is 4.72. The van der Waals surface area contributed by atoms with Crippen molar-refractivity contribution in [1.82, 2.24) is 4.90 Å². The monoisotopic (exact) mass is 476 g/mol. The molecule has 0 unspecified atom stereocenters. The Morgan fingerprint density at radius 1 is 1.14 bits per heavy atom. The molecular weight excluding hydrogens is 456 g/mol. The number of aliphatic imine (C=N–C) groups is 1. The van der Waals surface area contributed by atoms with E-state index in [0.29, 0.717) is 34.7 Å². The number of hydrogen-bond donors (Lipinski definition) is 0. The molecule has 0 saturated carbocycles. The number of methoxy groups -OCH3 is 3. The third-order valence-electron chi connectivity index (χ3n) is 4.15. The van der Waals surface area contributed by atoms with Gasteiger partial charge in [0.2, 0.25) is 0 Å². The van der Waals surface area contributed by atoms with Gasteiger partial charge in [-0.2, -0.15) is 0 Å². The van der Waals surface area contributed by atoms with Crippen LogP contribution in [-0.2, 0) is 9.53 Å². The Morgan fingerprint density at radius 3 is 2.55 bits per heavy atom. The van der Waals surface area contributed by atoms with Crippen LogP contribution >= 0.6 is 27.7 Å². The van der Waals surface area contributed by atoms with Crippen LogP contribution in [0.2, 0.25) is 0 Å². The first-order valence-electron chi connectivity index (χ1n) is 8.83. The zero-order valence-corrected chi connectivity index (χ0v) is 18.7.